The molecule has 3 fully saturated rings. The van der Waals surface area contributed by atoms with Crippen LogP contribution in [0.5, 0.6) is 0 Å². The summed E-state index contributed by atoms with van der Waals surface area (Å²) in [7, 11) is 0. The number of rotatable bonds is 11. The number of hydrogen-bond donors (Lipinski definition) is 1. The van der Waals surface area contributed by atoms with Gasteiger partial charge in [-0.3, -0.25) is 14.4 Å². The number of ether oxygens (including phenoxy) is 1. The van der Waals surface area contributed by atoms with Gasteiger partial charge >= 0.3 is 0 Å². The molecule has 0 aliphatic carbocycles. The van der Waals surface area contributed by atoms with Crippen LogP contribution in [0.1, 0.15) is 18.9 Å². The van der Waals surface area contributed by atoms with E-state index in [1.165, 1.54) is 9.80 Å². The third-order valence-corrected chi connectivity index (χ3v) is 9.75. The van der Waals surface area contributed by atoms with Crippen molar-refractivity contribution in [3.05, 3.63) is 90.5 Å². The summed E-state index contributed by atoms with van der Waals surface area (Å²) in [5, 5.41) is 10.6. The van der Waals surface area contributed by atoms with Crippen LogP contribution in [0.25, 0.3) is 0 Å². The Bertz CT molecular complexity index is 1370. The number of fused-ring (bicyclic) bond motifs is 1. The summed E-state index contributed by atoms with van der Waals surface area (Å²) in [6.07, 6.45) is 3.00. The maximum Gasteiger partial charge on any atom is 0.253 e. The molecule has 3 amide bonds. The van der Waals surface area contributed by atoms with Crippen LogP contribution in [0.4, 0.5) is 5.69 Å². The third-order valence-electron chi connectivity index (χ3n) is 8.58. The highest BCUT2D eigenvalue weighted by molar-refractivity contribution is 9.09. The van der Waals surface area contributed by atoms with Crippen LogP contribution in [-0.4, -0.2) is 80.9 Å². The number of para-hydroxylation sites is 1. The van der Waals surface area contributed by atoms with Crippen LogP contribution < -0.4 is 4.90 Å². The Morgan fingerprint density at radius 2 is 1.81 bits per heavy atom. The summed E-state index contributed by atoms with van der Waals surface area (Å²) >= 11 is 10.2. The second kappa shape index (κ2) is 12.3. The number of hydrogen-bond acceptors (Lipinski definition) is 5. The van der Waals surface area contributed by atoms with Gasteiger partial charge in [0, 0.05) is 24.5 Å². The average molecular weight is 657 g/mol. The van der Waals surface area contributed by atoms with E-state index in [0.29, 0.717) is 23.7 Å². The number of anilines is 1. The van der Waals surface area contributed by atoms with Crippen molar-refractivity contribution in [3.63, 3.8) is 0 Å². The number of nitrogens with zero attached hydrogens (tertiary/aromatic N) is 3. The molecule has 0 saturated carbocycles. The molecular weight excluding hydrogens is 622 g/mol. The van der Waals surface area contributed by atoms with E-state index in [1.54, 1.807) is 48.2 Å². The fourth-order valence-electron chi connectivity index (χ4n) is 6.85. The van der Waals surface area contributed by atoms with Gasteiger partial charge in [0.25, 0.3) is 5.91 Å². The fourth-order valence-corrected chi connectivity index (χ4v) is 8.03. The second-order valence-electron chi connectivity index (χ2n) is 11.1. The Hall–Kier alpha value is -2.98. The SMILES string of the molecule is C=CCN(Cc1ccccc1)C(=O)[C@H]1[C@H]2C(=O)N([C@H](C)CO)C(C(=O)N(CC=C)c3ccccc3Cl)C23CC(Br)[C@@H]1O3. The maximum absolute atomic E-state index is 14.6. The van der Waals surface area contributed by atoms with E-state index in [4.69, 9.17) is 16.3 Å². The zero-order valence-corrected chi connectivity index (χ0v) is 25.8. The van der Waals surface area contributed by atoms with E-state index in [0.717, 1.165) is 5.56 Å². The van der Waals surface area contributed by atoms with Crippen LogP contribution >= 0.6 is 27.5 Å². The van der Waals surface area contributed by atoms with E-state index in [-0.39, 0.29) is 36.3 Å². The first kappa shape index (κ1) is 30.5. The number of likely N-dealkylation sites (tertiary alicyclic amines) is 1. The van der Waals surface area contributed by atoms with Crippen LogP contribution in [-0.2, 0) is 25.7 Å². The van der Waals surface area contributed by atoms with E-state index in [2.05, 4.69) is 29.1 Å². The highest BCUT2D eigenvalue weighted by atomic mass is 79.9. The van der Waals surface area contributed by atoms with E-state index >= 15 is 0 Å². The summed E-state index contributed by atoms with van der Waals surface area (Å²) in [6.45, 7) is 9.77. The Morgan fingerprint density at radius 1 is 1.14 bits per heavy atom. The molecule has 2 aromatic rings. The molecule has 2 bridgehead atoms. The topological polar surface area (TPSA) is 90.4 Å². The number of carbonyl (C=O) groups excluding carboxylic acids is 3. The van der Waals surface area contributed by atoms with Crippen molar-refractivity contribution in [3.8, 4) is 0 Å². The largest absolute Gasteiger partial charge is 0.394 e. The van der Waals surface area contributed by atoms with Crippen molar-refractivity contribution in [1.82, 2.24) is 9.80 Å². The molecule has 3 heterocycles. The predicted molar refractivity (Wildman–Crippen MR) is 165 cm³/mol. The highest BCUT2D eigenvalue weighted by Crippen LogP contribution is 2.61. The van der Waals surface area contributed by atoms with Crippen molar-refractivity contribution in [1.29, 1.82) is 0 Å². The molecule has 5 rings (SSSR count). The van der Waals surface area contributed by atoms with Gasteiger partial charge in [0.1, 0.15) is 11.6 Å². The van der Waals surface area contributed by atoms with Crippen molar-refractivity contribution in [2.75, 3.05) is 24.6 Å². The highest BCUT2D eigenvalue weighted by Gasteiger charge is 2.77. The number of halogens is 2. The molecule has 8 nitrogen and oxygen atoms in total. The first-order chi connectivity index (χ1) is 20.2. The van der Waals surface area contributed by atoms with Crippen LogP contribution in [0.2, 0.25) is 5.02 Å². The number of amides is 3. The lowest BCUT2D eigenvalue weighted by molar-refractivity contribution is -0.147. The zero-order valence-electron chi connectivity index (χ0n) is 23.4. The first-order valence-corrected chi connectivity index (χ1v) is 15.3. The average Bonchev–Trinajstić information content (AvgIpc) is 3.59. The first-order valence-electron chi connectivity index (χ1n) is 14.1. The summed E-state index contributed by atoms with van der Waals surface area (Å²) in [5.41, 5.74) is 0.149. The smallest absolute Gasteiger partial charge is 0.253 e. The lowest BCUT2D eigenvalue weighted by atomic mass is 9.70. The molecule has 2 aromatic carbocycles. The standard InChI is InChI=1S/C32H35BrClN3O5/c1-4-15-35(18-21-11-7-6-8-12-21)29(39)25-26-30(40)37(20(3)19-38)28(32(26)17-22(33)27(25)42-32)31(41)36(16-5-2)24-14-10-9-13-23(24)34/h4-14,20,22,25-28,38H,1-2,15-19H2,3H3/t20-,22?,25+,26+,27+,28?,32?/m1/s1. The van der Waals surface area contributed by atoms with Gasteiger partial charge in [-0.1, -0.05) is 82.1 Å². The molecule has 222 valence electrons. The van der Waals surface area contributed by atoms with E-state index < -0.39 is 41.5 Å². The molecule has 0 aromatic heterocycles. The lowest BCUT2D eigenvalue weighted by Gasteiger charge is -2.38. The molecule has 3 aliphatic heterocycles. The van der Waals surface area contributed by atoms with Gasteiger partial charge in [0.05, 0.1) is 41.3 Å². The normalized spacial score (nSPS) is 28.3. The number of aliphatic hydroxyl groups is 1. The molecule has 7 atom stereocenters. The lowest BCUT2D eigenvalue weighted by Crippen LogP contribution is -2.59. The summed E-state index contributed by atoms with van der Waals surface area (Å²) in [6, 6.07) is 14.8. The molecule has 3 aliphatic rings. The molecule has 0 radical (unpaired) electrons. The monoisotopic (exact) mass is 655 g/mol. The molecule has 1 spiro atoms. The van der Waals surface area contributed by atoms with Crippen molar-refractivity contribution < 1.29 is 24.2 Å². The number of alkyl halides is 1. The van der Waals surface area contributed by atoms with Crippen molar-refractivity contribution >= 4 is 50.9 Å². The molecule has 42 heavy (non-hydrogen) atoms. The minimum absolute atomic E-state index is 0.142. The van der Waals surface area contributed by atoms with Gasteiger partial charge < -0.3 is 24.5 Å². The van der Waals surface area contributed by atoms with Gasteiger partial charge in [-0.15, -0.1) is 13.2 Å². The Kier molecular flexibility index (Phi) is 8.94. The van der Waals surface area contributed by atoms with Crippen molar-refractivity contribution in [2.45, 2.75) is 48.5 Å². The molecule has 3 unspecified atom stereocenters. The Morgan fingerprint density at radius 3 is 2.45 bits per heavy atom. The van der Waals surface area contributed by atoms with Gasteiger partial charge in [-0.2, -0.15) is 0 Å². The molecule has 1 N–H and O–H groups in total. The quantitative estimate of drug-likeness (QED) is 0.289. The number of benzene rings is 2. The zero-order chi connectivity index (χ0) is 30.2. The molecule has 10 heteroatoms. The van der Waals surface area contributed by atoms with Crippen molar-refractivity contribution in [2.24, 2.45) is 11.8 Å². The summed E-state index contributed by atoms with van der Waals surface area (Å²) in [5.74, 6) is -2.72. The van der Waals surface area contributed by atoms with Crippen LogP contribution in [0, 0.1) is 11.8 Å². The molecule has 3 saturated heterocycles. The Balaban J connectivity index is 1.57. The maximum atomic E-state index is 14.6. The summed E-state index contributed by atoms with van der Waals surface area (Å²) in [4.78, 5) is 47.6. The van der Waals surface area contributed by atoms with Gasteiger partial charge in [-0.05, 0) is 31.0 Å². The third kappa shape index (κ3) is 5.00. The van der Waals surface area contributed by atoms with Crippen LogP contribution in [0.15, 0.2) is 79.9 Å². The van der Waals surface area contributed by atoms with Gasteiger partial charge in [0.15, 0.2) is 0 Å². The Labute approximate surface area is 259 Å². The predicted octanol–water partition coefficient (Wildman–Crippen LogP) is 4.20. The number of aliphatic hydroxyl groups excluding tert-OH is 1. The van der Waals surface area contributed by atoms with Gasteiger partial charge in [-0.25, -0.2) is 0 Å². The molecular formula is C32H35BrClN3O5. The fraction of sp³-hybridized carbons (Fsp3) is 0.406. The van der Waals surface area contributed by atoms with E-state index in [1.807, 2.05) is 30.3 Å². The van der Waals surface area contributed by atoms with Gasteiger partial charge in [0.2, 0.25) is 11.8 Å². The minimum atomic E-state index is -1.27. The van der Waals surface area contributed by atoms with Crippen LogP contribution in [0.3, 0.4) is 0 Å². The number of carbonyl (C=O) groups is 3. The minimum Gasteiger partial charge on any atom is -0.394 e. The summed E-state index contributed by atoms with van der Waals surface area (Å²) < 4.78 is 6.66. The second-order valence-corrected chi connectivity index (χ2v) is 12.7. The van der Waals surface area contributed by atoms with E-state index in [9.17, 15) is 19.5 Å².